The number of hydrogen-bond acceptors (Lipinski definition) is 4. The predicted octanol–water partition coefficient (Wildman–Crippen LogP) is 5.34. The highest BCUT2D eigenvalue weighted by atomic mass is 35.5. The molecule has 8 heteroatoms. The van der Waals surface area contributed by atoms with Crippen LogP contribution in [0.3, 0.4) is 0 Å². The van der Waals surface area contributed by atoms with Gasteiger partial charge in [0.25, 0.3) is 5.91 Å². The smallest absolute Gasteiger partial charge is 0.330 e. The Balaban J connectivity index is 1.98. The molecule has 1 aliphatic rings. The van der Waals surface area contributed by atoms with Crippen LogP contribution in [0.1, 0.15) is 35.1 Å². The largest absolute Gasteiger partial charge is 0.461 e. The quantitative estimate of drug-likeness (QED) is 0.600. The van der Waals surface area contributed by atoms with E-state index in [0.29, 0.717) is 15.8 Å². The molecule has 2 atom stereocenters. The van der Waals surface area contributed by atoms with Gasteiger partial charge in [-0.2, -0.15) is 0 Å². The van der Waals surface area contributed by atoms with Crippen molar-refractivity contribution in [1.29, 1.82) is 0 Å². The zero-order valence-corrected chi connectivity index (χ0v) is 17.5. The fourth-order valence-electron chi connectivity index (χ4n) is 2.91. The van der Waals surface area contributed by atoms with Crippen molar-refractivity contribution in [3.63, 3.8) is 0 Å². The number of carbonyl (C=O) groups excluding carboxylic acids is 2. The Hall–Kier alpha value is -1.76. The van der Waals surface area contributed by atoms with Crippen LogP contribution in [0.25, 0.3) is 0 Å². The molecule has 0 bridgehead atoms. The number of carbonyl (C=O) groups is 2. The average molecular weight is 442 g/mol. The third-order valence-electron chi connectivity index (χ3n) is 4.18. The molecule has 2 unspecified atom stereocenters. The highest BCUT2D eigenvalue weighted by Gasteiger charge is 2.43. The SMILES string of the molecule is CC(C)OC(=O)C1CSC(c2ccc(Cl)c(Cl)c2)N1C(=O)c1ccc(F)cc1. The first kappa shape index (κ1) is 21.0. The highest BCUT2D eigenvalue weighted by Crippen LogP contribution is 2.43. The number of rotatable bonds is 4. The summed E-state index contributed by atoms with van der Waals surface area (Å²) in [6.45, 7) is 3.51. The molecule has 0 saturated carbocycles. The van der Waals surface area contributed by atoms with Crippen LogP contribution < -0.4 is 0 Å². The number of thioether (sulfide) groups is 1. The van der Waals surface area contributed by atoms with Gasteiger partial charge in [-0.05, 0) is 55.8 Å². The molecule has 0 aliphatic carbocycles. The van der Waals surface area contributed by atoms with Crippen molar-refractivity contribution in [1.82, 2.24) is 4.90 Å². The Labute approximate surface area is 176 Å². The van der Waals surface area contributed by atoms with E-state index in [0.717, 1.165) is 5.56 Å². The zero-order valence-electron chi connectivity index (χ0n) is 15.2. The zero-order chi connectivity index (χ0) is 20.4. The van der Waals surface area contributed by atoms with Gasteiger partial charge in [-0.3, -0.25) is 4.79 Å². The molecule has 1 amide bonds. The molecular formula is C20H18Cl2FNO3S. The van der Waals surface area contributed by atoms with Crippen molar-refractivity contribution in [2.75, 3.05) is 5.75 Å². The minimum atomic E-state index is -0.760. The summed E-state index contributed by atoms with van der Waals surface area (Å²) < 4.78 is 18.6. The van der Waals surface area contributed by atoms with E-state index in [-0.39, 0.29) is 17.6 Å². The Bertz CT molecular complexity index is 892. The van der Waals surface area contributed by atoms with Crippen molar-refractivity contribution in [3.05, 3.63) is 69.5 Å². The second-order valence-electron chi connectivity index (χ2n) is 6.58. The van der Waals surface area contributed by atoms with Crippen LogP contribution in [0.15, 0.2) is 42.5 Å². The Morgan fingerprint density at radius 1 is 1.14 bits per heavy atom. The van der Waals surface area contributed by atoms with Crippen molar-refractivity contribution in [2.45, 2.75) is 31.4 Å². The number of halogens is 3. The Kier molecular flexibility index (Phi) is 6.53. The average Bonchev–Trinajstić information content (AvgIpc) is 3.08. The summed E-state index contributed by atoms with van der Waals surface area (Å²) >= 11 is 13.6. The van der Waals surface area contributed by atoms with Crippen molar-refractivity contribution in [2.24, 2.45) is 0 Å². The fourth-order valence-corrected chi connectivity index (χ4v) is 4.62. The maximum atomic E-state index is 13.3. The molecule has 3 rings (SSSR count). The maximum Gasteiger partial charge on any atom is 0.330 e. The minimum Gasteiger partial charge on any atom is -0.461 e. The molecule has 2 aromatic rings. The molecule has 0 radical (unpaired) electrons. The summed E-state index contributed by atoms with van der Waals surface area (Å²) in [5.74, 6) is -0.917. The molecule has 1 fully saturated rings. The van der Waals surface area contributed by atoms with E-state index in [1.165, 1.54) is 40.9 Å². The molecule has 2 aromatic carbocycles. The third kappa shape index (κ3) is 4.45. The first-order chi connectivity index (χ1) is 13.3. The van der Waals surface area contributed by atoms with E-state index >= 15 is 0 Å². The van der Waals surface area contributed by atoms with E-state index in [2.05, 4.69) is 0 Å². The van der Waals surface area contributed by atoms with Crippen LogP contribution in [0.4, 0.5) is 4.39 Å². The first-order valence-corrected chi connectivity index (χ1v) is 10.4. The van der Waals surface area contributed by atoms with Crippen LogP contribution in [-0.2, 0) is 9.53 Å². The van der Waals surface area contributed by atoms with Crippen molar-refractivity contribution >= 4 is 46.8 Å². The molecule has 148 valence electrons. The predicted molar refractivity (Wildman–Crippen MR) is 109 cm³/mol. The lowest BCUT2D eigenvalue weighted by molar-refractivity contribution is -0.151. The number of amides is 1. The van der Waals surface area contributed by atoms with Gasteiger partial charge in [-0.25, -0.2) is 9.18 Å². The molecular weight excluding hydrogens is 424 g/mol. The number of ether oxygens (including phenoxy) is 1. The summed E-state index contributed by atoms with van der Waals surface area (Å²) in [7, 11) is 0. The molecule has 1 aliphatic heterocycles. The van der Waals surface area contributed by atoms with Gasteiger partial charge in [0.05, 0.1) is 16.1 Å². The molecule has 4 nitrogen and oxygen atoms in total. The second-order valence-corrected chi connectivity index (χ2v) is 8.51. The number of esters is 1. The first-order valence-electron chi connectivity index (χ1n) is 8.63. The second kappa shape index (κ2) is 8.72. The summed E-state index contributed by atoms with van der Waals surface area (Å²) in [5.41, 5.74) is 1.03. The van der Waals surface area contributed by atoms with Gasteiger partial charge in [0, 0.05) is 11.3 Å². The van der Waals surface area contributed by atoms with Crippen LogP contribution in [0.2, 0.25) is 10.0 Å². The van der Waals surface area contributed by atoms with Gasteiger partial charge in [0.2, 0.25) is 0 Å². The number of hydrogen-bond donors (Lipinski definition) is 0. The van der Waals surface area contributed by atoms with Crippen molar-refractivity contribution < 1.29 is 18.7 Å². The summed E-state index contributed by atoms with van der Waals surface area (Å²) in [4.78, 5) is 27.3. The van der Waals surface area contributed by atoms with E-state index in [1.807, 2.05) is 0 Å². The maximum absolute atomic E-state index is 13.3. The highest BCUT2D eigenvalue weighted by molar-refractivity contribution is 7.99. The van der Waals surface area contributed by atoms with Gasteiger partial charge >= 0.3 is 5.97 Å². The number of nitrogens with zero attached hydrogens (tertiary/aromatic N) is 1. The lowest BCUT2D eigenvalue weighted by atomic mass is 10.1. The van der Waals surface area contributed by atoms with Gasteiger partial charge in [0.1, 0.15) is 17.2 Å². The normalized spacial score (nSPS) is 19.1. The van der Waals surface area contributed by atoms with Crippen LogP contribution in [0, 0.1) is 5.82 Å². The van der Waals surface area contributed by atoms with Gasteiger partial charge in [-0.1, -0.05) is 29.3 Å². The molecule has 1 saturated heterocycles. The van der Waals surface area contributed by atoms with Gasteiger partial charge < -0.3 is 9.64 Å². The summed E-state index contributed by atoms with van der Waals surface area (Å²) in [5, 5.41) is 0.319. The van der Waals surface area contributed by atoms with Crippen molar-refractivity contribution in [3.8, 4) is 0 Å². The van der Waals surface area contributed by atoms with Gasteiger partial charge in [0.15, 0.2) is 0 Å². The topological polar surface area (TPSA) is 46.6 Å². The van der Waals surface area contributed by atoms with E-state index in [1.54, 1.807) is 32.0 Å². The van der Waals surface area contributed by atoms with Crippen LogP contribution in [-0.4, -0.2) is 34.7 Å². The molecule has 28 heavy (non-hydrogen) atoms. The molecule has 0 aromatic heterocycles. The van der Waals surface area contributed by atoms with E-state index in [4.69, 9.17) is 27.9 Å². The summed E-state index contributed by atoms with van der Waals surface area (Å²) in [6.07, 6.45) is -0.302. The summed E-state index contributed by atoms with van der Waals surface area (Å²) in [6, 6.07) is 9.58. The Morgan fingerprint density at radius 3 is 2.43 bits per heavy atom. The fraction of sp³-hybridized carbons (Fsp3) is 0.300. The van der Waals surface area contributed by atoms with Gasteiger partial charge in [-0.15, -0.1) is 11.8 Å². The number of benzene rings is 2. The third-order valence-corrected chi connectivity index (χ3v) is 6.24. The van der Waals surface area contributed by atoms with E-state index < -0.39 is 23.2 Å². The van der Waals surface area contributed by atoms with Crippen LogP contribution in [0.5, 0.6) is 0 Å². The van der Waals surface area contributed by atoms with Crippen LogP contribution >= 0.6 is 35.0 Å². The lowest BCUT2D eigenvalue weighted by Gasteiger charge is -2.29. The lowest BCUT2D eigenvalue weighted by Crippen LogP contribution is -2.44. The monoisotopic (exact) mass is 441 g/mol. The molecule has 0 N–H and O–H groups in total. The molecule has 1 heterocycles. The minimum absolute atomic E-state index is 0.288. The molecule has 0 spiro atoms. The van der Waals surface area contributed by atoms with E-state index in [9.17, 15) is 14.0 Å². The Morgan fingerprint density at radius 2 is 1.82 bits per heavy atom. The standard InChI is InChI=1S/C20H18Cl2FNO3S/c1-11(2)27-20(26)17-10-28-19(13-5-8-15(21)16(22)9-13)24(17)18(25)12-3-6-14(23)7-4-12/h3-9,11,17,19H,10H2,1-2H3.